The van der Waals surface area contributed by atoms with E-state index in [4.69, 9.17) is 4.98 Å². The molecule has 0 aliphatic carbocycles. The van der Waals surface area contributed by atoms with Crippen LogP contribution in [0, 0.1) is 0 Å². The van der Waals surface area contributed by atoms with Crippen LogP contribution in [0.25, 0.3) is 11.3 Å². The van der Waals surface area contributed by atoms with Crippen molar-refractivity contribution in [2.45, 2.75) is 27.3 Å². The van der Waals surface area contributed by atoms with E-state index in [1.54, 1.807) is 6.20 Å². The van der Waals surface area contributed by atoms with Gasteiger partial charge in [-0.2, -0.15) is 0 Å². The molecule has 9 heteroatoms. The molecule has 0 saturated carbocycles. The van der Waals surface area contributed by atoms with Gasteiger partial charge in [0.2, 0.25) is 11.9 Å². The Balaban J connectivity index is 1.54. The first kappa shape index (κ1) is 27.1. The minimum absolute atomic E-state index is 0.258. The summed E-state index contributed by atoms with van der Waals surface area (Å²) >= 11 is 0. The second-order valence-corrected chi connectivity index (χ2v) is 9.19. The average molecular weight is 515 g/mol. The average Bonchev–Trinajstić information content (AvgIpc) is 3.36. The smallest absolute Gasteiger partial charge is 0.247 e. The summed E-state index contributed by atoms with van der Waals surface area (Å²) < 4.78 is 0. The van der Waals surface area contributed by atoms with Crippen molar-refractivity contribution in [3.63, 3.8) is 0 Å². The third kappa shape index (κ3) is 6.30. The van der Waals surface area contributed by atoms with Gasteiger partial charge in [0.15, 0.2) is 0 Å². The topological polar surface area (TPSA) is 88.7 Å². The van der Waals surface area contributed by atoms with Crippen molar-refractivity contribution >= 4 is 34.6 Å². The summed E-state index contributed by atoms with van der Waals surface area (Å²) in [5, 5.41) is 8.40. The van der Waals surface area contributed by atoms with E-state index < -0.39 is 0 Å². The number of fused-ring (bicyclic) bond motifs is 1. The highest BCUT2D eigenvalue weighted by Gasteiger charge is 2.18. The largest absolute Gasteiger partial charge is 0.372 e. The fourth-order valence-electron chi connectivity index (χ4n) is 4.59. The number of carbonyl (C=O) groups excluding carboxylic acids is 1. The standard InChI is InChI=1S/C29H38N8O/c1-6-28(38)33-25-19-23(11-13-27(25)35(5)16-17-36(7-2)8-3)32-29-30-15-14-24(34-29)21-10-12-26-22(18-21)20-31-37(26)9-4/h6,10-15,18-19,31H,1,7-9,16-17,20H2,2-5H3,(H,33,38)(H,30,32,34). The lowest BCUT2D eigenvalue weighted by atomic mass is 10.1. The van der Waals surface area contributed by atoms with Crippen molar-refractivity contribution in [1.29, 1.82) is 0 Å². The minimum atomic E-state index is -0.258. The Morgan fingerprint density at radius 3 is 2.68 bits per heavy atom. The highest BCUT2D eigenvalue weighted by atomic mass is 16.1. The minimum Gasteiger partial charge on any atom is -0.372 e. The van der Waals surface area contributed by atoms with E-state index >= 15 is 0 Å². The number of carbonyl (C=O) groups is 1. The van der Waals surface area contributed by atoms with Gasteiger partial charge in [0.25, 0.3) is 0 Å². The maximum absolute atomic E-state index is 12.2. The Labute approximate surface area is 225 Å². The molecule has 0 unspecified atom stereocenters. The fraction of sp³-hybridized carbons (Fsp3) is 0.345. The number of anilines is 5. The molecule has 3 N–H and O–H groups in total. The third-order valence-corrected chi connectivity index (χ3v) is 6.85. The van der Waals surface area contributed by atoms with Crippen LogP contribution in [0.1, 0.15) is 26.3 Å². The van der Waals surface area contributed by atoms with Crippen molar-refractivity contribution < 1.29 is 4.79 Å². The summed E-state index contributed by atoms with van der Waals surface area (Å²) in [6.45, 7) is 15.6. The Kier molecular flexibility index (Phi) is 8.93. The van der Waals surface area contributed by atoms with E-state index in [1.165, 1.54) is 17.3 Å². The van der Waals surface area contributed by atoms with Crippen molar-refractivity contribution in [1.82, 2.24) is 20.3 Å². The number of hydrogen-bond donors (Lipinski definition) is 3. The van der Waals surface area contributed by atoms with Gasteiger partial charge in [0, 0.05) is 50.7 Å². The first-order valence-corrected chi connectivity index (χ1v) is 13.2. The van der Waals surface area contributed by atoms with E-state index in [2.05, 4.69) is 81.4 Å². The predicted octanol–water partition coefficient (Wildman–Crippen LogP) is 4.63. The molecule has 1 aliphatic heterocycles. The molecule has 200 valence electrons. The maximum atomic E-state index is 12.2. The summed E-state index contributed by atoms with van der Waals surface area (Å²) in [5.41, 5.74) is 10.1. The Bertz CT molecular complexity index is 1270. The van der Waals surface area contributed by atoms with Gasteiger partial charge in [-0.05, 0) is 68.1 Å². The van der Waals surface area contributed by atoms with E-state index in [0.29, 0.717) is 11.6 Å². The Morgan fingerprint density at radius 1 is 1.13 bits per heavy atom. The molecule has 38 heavy (non-hydrogen) atoms. The molecule has 0 spiro atoms. The van der Waals surface area contributed by atoms with Crippen molar-refractivity contribution in [3.8, 4) is 11.3 Å². The van der Waals surface area contributed by atoms with Crippen LogP contribution in [-0.2, 0) is 11.3 Å². The molecular weight excluding hydrogens is 476 g/mol. The van der Waals surface area contributed by atoms with Gasteiger partial charge in [0.05, 0.1) is 22.8 Å². The number of amides is 1. The van der Waals surface area contributed by atoms with Gasteiger partial charge in [-0.1, -0.05) is 26.5 Å². The summed E-state index contributed by atoms with van der Waals surface area (Å²) in [5.74, 6) is 0.228. The number of aromatic nitrogens is 2. The molecule has 0 bridgehead atoms. The highest BCUT2D eigenvalue weighted by molar-refractivity contribution is 6.01. The van der Waals surface area contributed by atoms with Crippen molar-refractivity contribution in [2.75, 3.05) is 60.3 Å². The lowest BCUT2D eigenvalue weighted by Crippen LogP contribution is -2.33. The quantitative estimate of drug-likeness (QED) is 0.302. The molecular formula is C29H38N8O. The van der Waals surface area contributed by atoms with Crippen molar-refractivity contribution in [2.24, 2.45) is 0 Å². The van der Waals surface area contributed by atoms with Crippen LogP contribution in [-0.4, -0.2) is 60.5 Å². The first-order chi connectivity index (χ1) is 18.4. The van der Waals surface area contributed by atoms with Gasteiger partial charge >= 0.3 is 0 Å². The van der Waals surface area contributed by atoms with E-state index in [1.807, 2.05) is 31.3 Å². The second kappa shape index (κ2) is 12.5. The highest BCUT2D eigenvalue weighted by Crippen LogP contribution is 2.32. The van der Waals surface area contributed by atoms with Crippen LogP contribution in [0.5, 0.6) is 0 Å². The van der Waals surface area contributed by atoms with Crippen molar-refractivity contribution in [3.05, 3.63) is 66.9 Å². The number of nitrogens with one attached hydrogen (secondary N) is 3. The first-order valence-electron chi connectivity index (χ1n) is 13.2. The molecule has 2 aromatic carbocycles. The van der Waals surface area contributed by atoms with Gasteiger partial charge in [-0.25, -0.2) is 15.4 Å². The number of hydrogen-bond acceptors (Lipinski definition) is 8. The summed E-state index contributed by atoms with van der Waals surface area (Å²) in [6.07, 6.45) is 3.03. The monoisotopic (exact) mass is 514 g/mol. The number of hydrazine groups is 1. The summed E-state index contributed by atoms with van der Waals surface area (Å²) in [6, 6.07) is 14.2. The molecule has 9 nitrogen and oxygen atoms in total. The Morgan fingerprint density at radius 2 is 1.95 bits per heavy atom. The van der Waals surface area contributed by atoms with Crippen LogP contribution in [0.2, 0.25) is 0 Å². The van der Waals surface area contributed by atoms with Gasteiger partial charge in [0.1, 0.15) is 0 Å². The summed E-state index contributed by atoms with van der Waals surface area (Å²) in [4.78, 5) is 25.9. The number of benzene rings is 2. The van der Waals surface area contributed by atoms with E-state index in [0.717, 1.165) is 61.9 Å². The summed E-state index contributed by atoms with van der Waals surface area (Å²) in [7, 11) is 2.04. The van der Waals surface area contributed by atoms with Gasteiger partial charge < -0.3 is 25.4 Å². The fourth-order valence-corrected chi connectivity index (χ4v) is 4.59. The zero-order chi connectivity index (χ0) is 27.1. The van der Waals surface area contributed by atoms with Crippen LogP contribution in [0.15, 0.2) is 61.3 Å². The zero-order valence-electron chi connectivity index (χ0n) is 22.8. The number of likely N-dealkylation sites (N-methyl/N-ethyl adjacent to an activating group) is 2. The second-order valence-electron chi connectivity index (χ2n) is 9.19. The van der Waals surface area contributed by atoms with Crippen LogP contribution >= 0.6 is 0 Å². The normalized spacial score (nSPS) is 12.4. The van der Waals surface area contributed by atoms with Crippen LogP contribution in [0.4, 0.5) is 28.7 Å². The van der Waals surface area contributed by atoms with E-state index in [9.17, 15) is 4.79 Å². The molecule has 1 amide bonds. The van der Waals surface area contributed by atoms with Crippen LogP contribution < -0.4 is 26.0 Å². The van der Waals surface area contributed by atoms with Gasteiger partial charge in [-0.3, -0.25) is 4.79 Å². The van der Waals surface area contributed by atoms with E-state index in [-0.39, 0.29) is 5.91 Å². The maximum Gasteiger partial charge on any atom is 0.247 e. The number of rotatable bonds is 12. The third-order valence-electron chi connectivity index (χ3n) is 6.85. The molecule has 0 fully saturated rings. The predicted molar refractivity (Wildman–Crippen MR) is 157 cm³/mol. The zero-order valence-corrected chi connectivity index (χ0v) is 22.8. The lowest BCUT2D eigenvalue weighted by molar-refractivity contribution is -0.111. The Hall–Kier alpha value is -3.95. The SMILES string of the molecule is C=CC(=O)Nc1cc(Nc2nccc(-c3ccc4c(c3)CNN4CC)n2)ccc1N(C)CCN(CC)CC. The van der Waals surface area contributed by atoms with Gasteiger partial charge in [-0.15, -0.1) is 0 Å². The molecule has 3 aromatic rings. The molecule has 0 radical (unpaired) electrons. The lowest BCUT2D eigenvalue weighted by Gasteiger charge is -2.26. The number of nitrogens with zero attached hydrogens (tertiary/aromatic N) is 5. The molecule has 0 saturated heterocycles. The van der Waals surface area contributed by atoms with Crippen LogP contribution in [0.3, 0.4) is 0 Å². The molecule has 4 rings (SSSR count). The molecule has 2 heterocycles. The molecule has 1 aromatic heterocycles. The molecule has 0 atom stereocenters. The molecule has 1 aliphatic rings.